The summed E-state index contributed by atoms with van der Waals surface area (Å²) in [5.74, 6) is 0. The minimum Gasteiger partial charge on any atom is -0.314 e. The van der Waals surface area contributed by atoms with Gasteiger partial charge in [0.25, 0.3) is 0 Å². The standard InChI is InChI=1S/C12H20N/c1-4-5-6-7-8-9-12(2)13(3)10-11-13/h4-8,12H,1,9-11H2,2-3H3/q+1/b6-5-,8-7-. The molecule has 0 aliphatic carbocycles. The zero-order valence-electron chi connectivity index (χ0n) is 8.74. The lowest BCUT2D eigenvalue weighted by atomic mass is 10.2. The first kappa shape index (κ1) is 10.3. The monoisotopic (exact) mass is 178 g/mol. The largest absolute Gasteiger partial charge is 0.314 e. The molecule has 0 N–H and O–H groups in total. The molecular formula is C12H20N+. The van der Waals surface area contributed by atoms with Crippen LogP contribution in [0.1, 0.15) is 13.3 Å². The quantitative estimate of drug-likeness (QED) is 0.345. The second-order valence-electron chi connectivity index (χ2n) is 4.06. The van der Waals surface area contributed by atoms with Crippen LogP contribution in [0.5, 0.6) is 0 Å². The lowest BCUT2D eigenvalue weighted by molar-refractivity contribution is -0.803. The van der Waals surface area contributed by atoms with Crippen molar-refractivity contribution >= 4 is 0 Å². The average Bonchev–Trinajstić information content (AvgIpc) is 2.84. The van der Waals surface area contributed by atoms with Gasteiger partial charge in [0.2, 0.25) is 0 Å². The molecule has 1 aliphatic heterocycles. The van der Waals surface area contributed by atoms with Crippen molar-refractivity contribution in [2.75, 3.05) is 20.1 Å². The van der Waals surface area contributed by atoms with Crippen molar-refractivity contribution in [3.8, 4) is 0 Å². The summed E-state index contributed by atoms with van der Waals surface area (Å²) in [4.78, 5) is 0. The predicted octanol–water partition coefficient (Wildman–Crippen LogP) is 2.52. The number of hydrogen-bond donors (Lipinski definition) is 0. The minimum atomic E-state index is 0.772. The summed E-state index contributed by atoms with van der Waals surface area (Å²) >= 11 is 0. The second kappa shape index (κ2) is 4.43. The fourth-order valence-electron chi connectivity index (χ4n) is 1.35. The molecule has 1 rings (SSSR count). The minimum absolute atomic E-state index is 0.772. The Morgan fingerprint density at radius 3 is 2.54 bits per heavy atom. The van der Waals surface area contributed by atoms with Crippen LogP contribution < -0.4 is 0 Å². The van der Waals surface area contributed by atoms with E-state index in [0.717, 1.165) is 6.04 Å². The van der Waals surface area contributed by atoms with Crippen molar-refractivity contribution < 1.29 is 4.48 Å². The Kier molecular flexibility index (Phi) is 3.49. The Morgan fingerprint density at radius 1 is 1.31 bits per heavy atom. The number of rotatable bonds is 5. The molecule has 13 heavy (non-hydrogen) atoms. The van der Waals surface area contributed by atoms with Gasteiger partial charge in [-0.05, 0) is 6.92 Å². The van der Waals surface area contributed by atoms with E-state index < -0.39 is 0 Å². The molecule has 0 aromatic rings. The molecular weight excluding hydrogens is 158 g/mol. The van der Waals surface area contributed by atoms with E-state index in [1.807, 2.05) is 12.2 Å². The Labute approximate surface area is 81.6 Å². The third kappa shape index (κ3) is 3.19. The normalized spacial score (nSPS) is 22.3. The second-order valence-corrected chi connectivity index (χ2v) is 4.06. The van der Waals surface area contributed by atoms with Crippen molar-refractivity contribution in [3.05, 3.63) is 37.0 Å². The van der Waals surface area contributed by atoms with E-state index in [1.54, 1.807) is 6.08 Å². The maximum absolute atomic E-state index is 3.62. The molecule has 0 spiro atoms. The van der Waals surface area contributed by atoms with E-state index >= 15 is 0 Å². The van der Waals surface area contributed by atoms with Crippen LogP contribution in [0.4, 0.5) is 0 Å². The summed E-state index contributed by atoms with van der Waals surface area (Å²) in [6, 6.07) is 0.772. The van der Waals surface area contributed by atoms with Crippen molar-refractivity contribution in [2.24, 2.45) is 0 Å². The molecule has 0 bridgehead atoms. The molecule has 0 aromatic carbocycles. The van der Waals surface area contributed by atoms with Gasteiger partial charge < -0.3 is 4.48 Å². The summed E-state index contributed by atoms with van der Waals surface area (Å²) in [6.45, 7) is 8.66. The molecule has 1 fully saturated rings. The maximum Gasteiger partial charge on any atom is 0.129 e. The van der Waals surface area contributed by atoms with Crippen LogP contribution in [0.25, 0.3) is 0 Å². The van der Waals surface area contributed by atoms with Crippen molar-refractivity contribution in [3.63, 3.8) is 0 Å². The van der Waals surface area contributed by atoms with Crippen LogP contribution in [0.15, 0.2) is 37.0 Å². The summed E-state index contributed by atoms with van der Waals surface area (Å²) in [5.41, 5.74) is 0. The van der Waals surface area contributed by atoms with Crippen LogP contribution >= 0.6 is 0 Å². The number of quaternary nitrogens is 1. The lowest BCUT2D eigenvalue weighted by Gasteiger charge is -2.19. The van der Waals surface area contributed by atoms with Crippen molar-refractivity contribution in [1.29, 1.82) is 0 Å². The van der Waals surface area contributed by atoms with E-state index in [2.05, 4.69) is 32.7 Å². The Hall–Kier alpha value is -0.820. The zero-order valence-corrected chi connectivity index (χ0v) is 8.74. The van der Waals surface area contributed by atoms with Crippen LogP contribution in [0.3, 0.4) is 0 Å². The first-order chi connectivity index (χ1) is 6.19. The highest BCUT2D eigenvalue weighted by molar-refractivity contribution is 5.08. The fraction of sp³-hybridized carbons (Fsp3) is 0.500. The fourth-order valence-corrected chi connectivity index (χ4v) is 1.35. The Balaban J connectivity index is 2.21. The molecule has 0 saturated carbocycles. The van der Waals surface area contributed by atoms with Gasteiger partial charge in [0.15, 0.2) is 0 Å². The molecule has 72 valence electrons. The van der Waals surface area contributed by atoms with Gasteiger partial charge in [-0.1, -0.05) is 37.0 Å². The summed E-state index contributed by atoms with van der Waals surface area (Å²) in [6.07, 6.45) is 11.3. The van der Waals surface area contributed by atoms with Crippen LogP contribution in [0.2, 0.25) is 0 Å². The molecule has 1 heteroatoms. The van der Waals surface area contributed by atoms with E-state index in [-0.39, 0.29) is 0 Å². The predicted molar refractivity (Wildman–Crippen MR) is 58.5 cm³/mol. The first-order valence-electron chi connectivity index (χ1n) is 4.97. The van der Waals surface area contributed by atoms with Crippen molar-refractivity contribution in [1.82, 2.24) is 0 Å². The van der Waals surface area contributed by atoms with Gasteiger partial charge in [-0.3, -0.25) is 0 Å². The highest BCUT2D eigenvalue weighted by atomic mass is 15.5. The molecule has 0 amide bonds. The van der Waals surface area contributed by atoms with E-state index in [9.17, 15) is 0 Å². The molecule has 0 aromatic heterocycles. The van der Waals surface area contributed by atoms with E-state index in [4.69, 9.17) is 0 Å². The van der Waals surface area contributed by atoms with Gasteiger partial charge in [0.05, 0.1) is 13.1 Å². The van der Waals surface area contributed by atoms with Gasteiger partial charge in [-0.15, -0.1) is 0 Å². The number of allylic oxidation sites excluding steroid dienone is 4. The van der Waals surface area contributed by atoms with Gasteiger partial charge in [-0.25, -0.2) is 0 Å². The Bertz CT molecular complexity index is 221. The molecule has 1 heterocycles. The van der Waals surface area contributed by atoms with Crippen LogP contribution in [0, 0.1) is 0 Å². The number of nitrogens with zero attached hydrogens (tertiary/aromatic N) is 1. The molecule has 1 unspecified atom stereocenters. The molecule has 0 radical (unpaired) electrons. The van der Waals surface area contributed by atoms with Crippen LogP contribution in [-0.4, -0.2) is 30.7 Å². The van der Waals surface area contributed by atoms with E-state index in [0.29, 0.717) is 0 Å². The number of hydrogen-bond acceptors (Lipinski definition) is 0. The van der Waals surface area contributed by atoms with Gasteiger partial charge >= 0.3 is 0 Å². The summed E-state index contributed by atoms with van der Waals surface area (Å²) in [7, 11) is 2.33. The van der Waals surface area contributed by atoms with Gasteiger partial charge in [0, 0.05) is 6.42 Å². The van der Waals surface area contributed by atoms with Gasteiger partial charge in [-0.2, -0.15) is 0 Å². The lowest BCUT2D eigenvalue weighted by Crippen LogP contribution is -2.30. The van der Waals surface area contributed by atoms with Gasteiger partial charge in [0.1, 0.15) is 13.1 Å². The molecule has 1 atom stereocenters. The topological polar surface area (TPSA) is 0 Å². The summed E-state index contributed by atoms with van der Waals surface area (Å²) < 4.78 is 1.26. The zero-order chi connectivity index (χ0) is 9.73. The molecule has 1 nitrogen and oxygen atoms in total. The first-order valence-corrected chi connectivity index (χ1v) is 4.97. The highest BCUT2D eigenvalue weighted by Crippen LogP contribution is 2.24. The summed E-state index contributed by atoms with van der Waals surface area (Å²) in [5, 5.41) is 0. The molecule has 1 aliphatic rings. The number of likely N-dealkylation sites (N-methyl/N-ethyl adjacent to an activating group) is 1. The SMILES string of the molecule is C=C/C=C\C=C/CC(C)[N+]1(C)CC1. The molecule has 1 saturated heterocycles. The third-order valence-electron chi connectivity index (χ3n) is 2.96. The van der Waals surface area contributed by atoms with Crippen molar-refractivity contribution in [2.45, 2.75) is 19.4 Å². The van der Waals surface area contributed by atoms with Crippen LogP contribution in [-0.2, 0) is 0 Å². The maximum atomic E-state index is 3.62. The highest BCUT2D eigenvalue weighted by Gasteiger charge is 2.41. The van der Waals surface area contributed by atoms with E-state index in [1.165, 1.54) is 24.0 Å². The average molecular weight is 178 g/mol. The smallest absolute Gasteiger partial charge is 0.129 e. The Morgan fingerprint density at radius 2 is 2.00 bits per heavy atom. The third-order valence-corrected chi connectivity index (χ3v) is 2.96.